The Hall–Kier alpha value is -2.34. The van der Waals surface area contributed by atoms with Gasteiger partial charge in [0.05, 0.1) is 4.90 Å². The van der Waals surface area contributed by atoms with E-state index in [1.807, 2.05) is 29.2 Å². The van der Waals surface area contributed by atoms with Gasteiger partial charge in [-0.1, -0.05) is 25.5 Å². The molecule has 0 unspecified atom stereocenters. The monoisotopic (exact) mass is 398 g/mol. The van der Waals surface area contributed by atoms with Crippen LogP contribution in [-0.2, 0) is 27.7 Å². The first-order valence-corrected chi connectivity index (χ1v) is 11.5. The van der Waals surface area contributed by atoms with Crippen molar-refractivity contribution in [2.75, 3.05) is 16.2 Å². The third-order valence-corrected chi connectivity index (χ3v) is 6.85. The maximum absolute atomic E-state index is 12.8. The van der Waals surface area contributed by atoms with Crippen molar-refractivity contribution in [2.24, 2.45) is 5.92 Å². The molecule has 1 fully saturated rings. The lowest BCUT2D eigenvalue weighted by Gasteiger charge is -2.17. The molecule has 1 saturated carbocycles. The number of fused-ring (bicyclic) bond motifs is 1. The van der Waals surface area contributed by atoms with Gasteiger partial charge in [-0.05, 0) is 73.6 Å². The molecule has 2 aromatic carbocycles. The smallest absolute Gasteiger partial charge is 0.261 e. The van der Waals surface area contributed by atoms with Crippen LogP contribution in [0.3, 0.4) is 0 Å². The van der Waals surface area contributed by atoms with Gasteiger partial charge >= 0.3 is 0 Å². The van der Waals surface area contributed by atoms with Crippen molar-refractivity contribution >= 4 is 27.3 Å². The van der Waals surface area contributed by atoms with Crippen molar-refractivity contribution < 1.29 is 13.2 Å². The van der Waals surface area contributed by atoms with E-state index in [-0.39, 0.29) is 16.7 Å². The highest BCUT2D eigenvalue weighted by molar-refractivity contribution is 7.92. The average Bonchev–Trinajstić information content (AvgIpc) is 3.45. The maximum atomic E-state index is 12.8. The van der Waals surface area contributed by atoms with E-state index in [0.29, 0.717) is 18.7 Å². The molecule has 0 saturated heterocycles. The minimum atomic E-state index is -3.66. The molecule has 2 aromatic rings. The summed E-state index contributed by atoms with van der Waals surface area (Å²) in [6, 6.07) is 12.6. The molecule has 2 aliphatic rings. The van der Waals surface area contributed by atoms with Crippen LogP contribution in [0.15, 0.2) is 47.4 Å². The van der Waals surface area contributed by atoms with Crippen LogP contribution in [-0.4, -0.2) is 20.9 Å². The normalized spacial score (nSPS) is 16.1. The molecule has 4 rings (SSSR count). The molecule has 6 heteroatoms. The summed E-state index contributed by atoms with van der Waals surface area (Å²) >= 11 is 0. The van der Waals surface area contributed by atoms with Gasteiger partial charge in [-0.2, -0.15) is 0 Å². The number of sulfonamides is 1. The highest BCUT2D eigenvalue weighted by Gasteiger charge is 2.36. The number of amides is 1. The summed E-state index contributed by atoms with van der Waals surface area (Å²) in [6.45, 7) is 2.79. The van der Waals surface area contributed by atoms with Crippen molar-refractivity contribution in [1.82, 2.24) is 0 Å². The average molecular weight is 399 g/mol. The molecular weight excluding hydrogens is 372 g/mol. The van der Waals surface area contributed by atoms with Crippen molar-refractivity contribution in [3.63, 3.8) is 0 Å². The number of aryl methyl sites for hydroxylation is 1. The fourth-order valence-electron chi connectivity index (χ4n) is 3.66. The van der Waals surface area contributed by atoms with Crippen LogP contribution in [0.2, 0.25) is 0 Å². The Balaban J connectivity index is 1.49. The lowest BCUT2D eigenvalue weighted by atomic mass is 10.1. The highest BCUT2D eigenvalue weighted by atomic mass is 32.2. The topological polar surface area (TPSA) is 66.5 Å². The van der Waals surface area contributed by atoms with Crippen LogP contribution in [0.1, 0.15) is 43.7 Å². The third-order valence-electron chi connectivity index (χ3n) is 5.47. The zero-order valence-corrected chi connectivity index (χ0v) is 17.0. The number of carbonyl (C=O) groups is 1. The third kappa shape index (κ3) is 3.92. The molecule has 1 aliphatic carbocycles. The summed E-state index contributed by atoms with van der Waals surface area (Å²) in [5.74, 6) is 0.340. The van der Waals surface area contributed by atoms with Gasteiger partial charge < -0.3 is 4.90 Å². The fourth-order valence-corrected chi connectivity index (χ4v) is 4.77. The first-order valence-electron chi connectivity index (χ1n) is 10.0. The van der Waals surface area contributed by atoms with Crippen LogP contribution in [0.4, 0.5) is 11.4 Å². The second-order valence-corrected chi connectivity index (χ2v) is 9.39. The van der Waals surface area contributed by atoms with Crippen molar-refractivity contribution in [3.8, 4) is 0 Å². The van der Waals surface area contributed by atoms with E-state index in [4.69, 9.17) is 0 Å². The highest BCUT2D eigenvalue weighted by Crippen LogP contribution is 2.37. The number of unbranched alkanes of at least 4 members (excludes halogenated alkanes) is 1. The van der Waals surface area contributed by atoms with Crippen molar-refractivity contribution in [2.45, 2.75) is 50.3 Å². The molecule has 1 N–H and O–H groups in total. The number of anilines is 2. The minimum absolute atomic E-state index is 0.163. The van der Waals surface area contributed by atoms with Gasteiger partial charge in [0, 0.05) is 23.8 Å². The summed E-state index contributed by atoms with van der Waals surface area (Å²) in [5, 5.41) is 0. The Labute approximate surface area is 166 Å². The second-order valence-electron chi connectivity index (χ2n) is 7.71. The molecule has 28 heavy (non-hydrogen) atoms. The van der Waals surface area contributed by atoms with Gasteiger partial charge in [-0.15, -0.1) is 0 Å². The zero-order valence-electron chi connectivity index (χ0n) is 16.1. The molecule has 0 aromatic heterocycles. The summed E-state index contributed by atoms with van der Waals surface area (Å²) in [4.78, 5) is 14.4. The largest absolute Gasteiger partial charge is 0.312 e. The second kappa shape index (κ2) is 7.59. The Morgan fingerprint density at radius 1 is 1.14 bits per heavy atom. The number of carbonyl (C=O) groups excluding carboxylic acids is 1. The predicted molar refractivity (Wildman–Crippen MR) is 111 cm³/mol. The Bertz CT molecular complexity index is 979. The molecule has 0 spiro atoms. The van der Waals surface area contributed by atoms with E-state index < -0.39 is 10.0 Å². The number of hydrogen-bond donors (Lipinski definition) is 1. The van der Waals surface area contributed by atoms with E-state index in [0.717, 1.165) is 43.4 Å². The predicted octanol–water partition coefficient (Wildman–Crippen LogP) is 4.13. The molecule has 0 radical (unpaired) electrons. The number of benzene rings is 2. The van der Waals surface area contributed by atoms with Gasteiger partial charge in [0.2, 0.25) is 5.91 Å². The van der Waals surface area contributed by atoms with Gasteiger partial charge in [0.15, 0.2) is 0 Å². The molecule has 0 atom stereocenters. The number of rotatable bonds is 7. The van der Waals surface area contributed by atoms with Crippen LogP contribution >= 0.6 is 0 Å². The molecule has 1 aliphatic heterocycles. The summed E-state index contributed by atoms with van der Waals surface area (Å²) in [7, 11) is -3.66. The van der Waals surface area contributed by atoms with E-state index in [1.165, 1.54) is 5.56 Å². The fraction of sp³-hybridized carbons (Fsp3) is 0.409. The zero-order chi connectivity index (χ0) is 19.7. The SMILES string of the molecule is CCCCc1ccc(NS(=O)(=O)c2ccc3c(c2)CCN3C(=O)C2CC2)cc1. The molecule has 5 nitrogen and oxygen atoms in total. The number of nitrogens with one attached hydrogen (secondary N) is 1. The lowest BCUT2D eigenvalue weighted by Crippen LogP contribution is -2.30. The van der Waals surface area contributed by atoms with Gasteiger partial charge in [-0.3, -0.25) is 9.52 Å². The molecular formula is C22H26N2O3S. The number of hydrogen-bond acceptors (Lipinski definition) is 3. The van der Waals surface area contributed by atoms with E-state index in [9.17, 15) is 13.2 Å². The number of nitrogens with zero attached hydrogens (tertiary/aromatic N) is 1. The van der Waals surface area contributed by atoms with Crippen molar-refractivity contribution in [3.05, 3.63) is 53.6 Å². The first kappa shape index (κ1) is 19.0. The van der Waals surface area contributed by atoms with Crippen LogP contribution in [0, 0.1) is 5.92 Å². The van der Waals surface area contributed by atoms with Gasteiger partial charge in [0.1, 0.15) is 0 Å². The quantitative estimate of drug-likeness (QED) is 0.763. The van der Waals surface area contributed by atoms with Crippen LogP contribution in [0.25, 0.3) is 0 Å². The van der Waals surface area contributed by atoms with Crippen LogP contribution in [0.5, 0.6) is 0 Å². The maximum Gasteiger partial charge on any atom is 0.261 e. The van der Waals surface area contributed by atoms with Crippen LogP contribution < -0.4 is 9.62 Å². The minimum Gasteiger partial charge on any atom is -0.312 e. The molecule has 0 bridgehead atoms. The van der Waals surface area contributed by atoms with E-state index >= 15 is 0 Å². The standard InChI is InChI=1S/C22H26N2O3S/c1-2-3-4-16-5-9-19(10-6-16)23-28(26,27)20-11-12-21-18(15-20)13-14-24(21)22(25)17-7-8-17/h5-6,9-12,15,17,23H,2-4,7-8,13-14H2,1H3. The Morgan fingerprint density at radius 2 is 1.89 bits per heavy atom. The molecule has 1 heterocycles. The molecule has 1 amide bonds. The lowest BCUT2D eigenvalue weighted by molar-refractivity contribution is -0.119. The van der Waals surface area contributed by atoms with E-state index in [1.54, 1.807) is 18.2 Å². The van der Waals surface area contributed by atoms with Gasteiger partial charge in [0.25, 0.3) is 10.0 Å². The Morgan fingerprint density at radius 3 is 2.57 bits per heavy atom. The van der Waals surface area contributed by atoms with E-state index in [2.05, 4.69) is 11.6 Å². The summed E-state index contributed by atoms with van der Waals surface area (Å²) in [5.41, 5.74) is 3.55. The summed E-state index contributed by atoms with van der Waals surface area (Å²) < 4.78 is 28.3. The Kier molecular flexibility index (Phi) is 5.15. The molecule has 148 valence electrons. The van der Waals surface area contributed by atoms with Crippen molar-refractivity contribution in [1.29, 1.82) is 0 Å². The first-order chi connectivity index (χ1) is 13.5. The summed E-state index contributed by atoms with van der Waals surface area (Å²) in [6.07, 6.45) is 5.90. The van der Waals surface area contributed by atoms with Gasteiger partial charge in [-0.25, -0.2) is 8.42 Å².